The van der Waals surface area contributed by atoms with E-state index in [0.717, 1.165) is 4.57 Å². The number of H-pyrrole nitrogens is 1. The molecule has 0 saturated carbocycles. The molecule has 0 aliphatic rings. The van der Waals surface area contributed by atoms with E-state index in [0.29, 0.717) is 12.1 Å². The molecule has 84 valence electrons. The molecule has 0 amide bonds. The summed E-state index contributed by atoms with van der Waals surface area (Å²) in [5, 5.41) is 6.11. The Morgan fingerprint density at radius 3 is 2.25 bits per heavy atom. The Kier molecular flexibility index (Phi) is 2.55. The Balaban J connectivity index is 2.79. The third kappa shape index (κ3) is 1.63. The molecule has 0 aliphatic heterocycles. The van der Waals surface area contributed by atoms with Gasteiger partial charge in [-0.25, -0.2) is 13.2 Å². The van der Waals surface area contributed by atoms with Gasteiger partial charge in [0, 0.05) is 12.1 Å². The van der Waals surface area contributed by atoms with E-state index in [4.69, 9.17) is 12.2 Å². The highest BCUT2D eigenvalue weighted by atomic mass is 32.1. The van der Waals surface area contributed by atoms with Crippen LogP contribution in [0.4, 0.5) is 13.2 Å². The van der Waals surface area contributed by atoms with Crippen LogP contribution in [0.5, 0.6) is 0 Å². The molecule has 0 unspecified atom stereocenters. The highest BCUT2D eigenvalue weighted by Gasteiger charge is 2.16. The molecular formula is C9H6F3N3S. The quantitative estimate of drug-likeness (QED) is 0.783. The second-order valence-electron chi connectivity index (χ2n) is 3.13. The molecule has 0 bridgehead atoms. The molecule has 3 nitrogen and oxygen atoms in total. The van der Waals surface area contributed by atoms with Crippen LogP contribution >= 0.6 is 12.2 Å². The third-order valence-electron chi connectivity index (χ3n) is 2.05. The summed E-state index contributed by atoms with van der Waals surface area (Å²) in [4.78, 5) is 0. The van der Waals surface area contributed by atoms with Crippen molar-refractivity contribution in [1.29, 1.82) is 0 Å². The Hall–Kier alpha value is -1.63. The highest BCUT2D eigenvalue weighted by molar-refractivity contribution is 7.71. The van der Waals surface area contributed by atoms with Gasteiger partial charge < -0.3 is 0 Å². The Morgan fingerprint density at radius 2 is 1.81 bits per heavy atom. The lowest BCUT2D eigenvalue weighted by Gasteiger charge is -2.06. The standard InChI is InChI=1S/C9H6F3N3S/c1-4-13-14-9(16)15(4)8-6(11)2-5(10)3-7(8)12/h2-3H,1H3,(H,14,16). The van der Waals surface area contributed by atoms with Crippen molar-refractivity contribution < 1.29 is 13.2 Å². The lowest BCUT2D eigenvalue weighted by atomic mass is 10.2. The molecule has 2 aromatic rings. The van der Waals surface area contributed by atoms with Gasteiger partial charge in [0.25, 0.3) is 0 Å². The fourth-order valence-corrected chi connectivity index (χ4v) is 1.66. The first-order valence-corrected chi connectivity index (χ1v) is 4.70. The van der Waals surface area contributed by atoms with Crippen LogP contribution in [-0.2, 0) is 0 Å². The van der Waals surface area contributed by atoms with Crippen molar-refractivity contribution in [3.63, 3.8) is 0 Å². The SMILES string of the molecule is Cc1n[nH]c(=S)n1-c1c(F)cc(F)cc1F. The van der Waals surface area contributed by atoms with Gasteiger partial charge in [-0.1, -0.05) is 0 Å². The number of hydrogen-bond acceptors (Lipinski definition) is 2. The predicted octanol–water partition coefficient (Wildman–Crippen LogP) is 2.66. The normalized spacial score (nSPS) is 10.8. The lowest BCUT2D eigenvalue weighted by Crippen LogP contribution is -2.04. The van der Waals surface area contributed by atoms with Gasteiger partial charge in [-0.3, -0.25) is 9.67 Å². The molecular weight excluding hydrogens is 239 g/mol. The van der Waals surface area contributed by atoms with Crippen LogP contribution in [0.15, 0.2) is 12.1 Å². The zero-order valence-electron chi connectivity index (χ0n) is 8.09. The average molecular weight is 245 g/mol. The fraction of sp³-hybridized carbons (Fsp3) is 0.111. The first-order valence-electron chi connectivity index (χ1n) is 4.29. The summed E-state index contributed by atoms with van der Waals surface area (Å²) >= 11 is 4.82. The molecule has 0 fully saturated rings. The topological polar surface area (TPSA) is 33.6 Å². The molecule has 1 N–H and O–H groups in total. The van der Waals surface area contributed by atoms with Gasteiger partial charge in [0.15, 0.2) is 16.4 Å². The minimum absolute atomic E-state index is 0.0434. The number of nitrogens with one attached hydrogen (secondary N) is 1. The molecule has 7 heteroatoms. The van der Waals surface area contributed by atoms with Crippen LogP contribution in [0.1, 0.15) is 5.82 Å². The summed E-state index contributed by atoms with van der Waals surface area (Å²) in [6.07, 6.45) is 0. The summed E-state index contributed by atoms with van der Waals surface area (Å²) in [7, 11) is 0. The van der Waals surface area contributed by atoms with Crippen LogP contribution in [0.25, 0.3) is 5.69 Å². The van der Waals surface area contributed by atoms with Crippen LogP contribution < -0.4 is 0 Å². The van der Waals surface area contributed by atoms with E-state index in [2.05, 4.69) is 10.2 Å². The molecule has 0 saturated heterocycles. The maximum absolute atomic E-state index is 13.4. The Labute approximate surface area is 93.5 Å². The monoisotopic (exact) mass is 245 g/mol. The number of benzene rings is 1. The van der Waals surface area contributed by atoms with E-state index >= 15 is 0 Å². The minimum Gasteiger partial charge on any atom is -0.266 e. The summed E-state index contributed by atoms with van der Waals surface area (Å²) in [5.41, 5.74) is -0.433. The van der Waals surface area contributed by atoms with Gasteiger partial charge in [0.1, 0.15) is 17.3 Å². The van der Waals surface area contributed by atoms with Gasteiger partial charge in [-0.05, 0) is 19.1 Å². The second-order valence-corrected chi connectivity index (χ2v) is 3.52. The molecule has 1 aromatic carbocycles. The van der Waals surface area contributed by atoms with Crippen molar-refractivity contribution in [3.8, 4) is 5.69 Å². The largest absolute Gasteiger partial charge is 0.266 e. The van der Waals surface area contributed by atoms with E-state index in [-0.39, 0.29) is 10.6 Å². The Morgan fingerprint density at radius 1 is 1.25 bits per heavy atom. The van der Waals surface area contributed by atoms with E-state index in [1.807, 2.05) is 0 Å². The van der Waals surface area contributed by atoms with E-state index in [9.17, 15) is 13.2 Å². The van der Waals surface area contributed by atoms with Crippen molar-refractivity contribution in [2.24, 2.45) is 0 Å². The maximum Gasteiger partial charge on any atom is 0.200 e. The summed E-state index contributed by atoms with van der Waals surface area (Å²) in [5.74, 6) is -2.75. The first kappa shape index (κ1) is 10.9. The minimum atomic E-state index is -1.03. The smallest absolute Gasteiger partial charge is 0.200 e. The predicted molar refractivity (Wildman–Crippen MR) is 53.4 cm³/mol. The molecule has 0 aliphatic carbocycles. The highest BCUT2D eigenvalue weighted by Crippen LogP contribution is 2.20. The maximum atomic E-state index is 13.4. The van der Waals surface area contributed by atoms with Crippen LogP contribution in [-0.4, -0.2) is 14.8 Å². The lowest BCUT2D eigenvalue weighted by molar-refractivity contribution is 0.532. The molecule has 2 rings (SSSR count). The van der Waals surface area contributed by atoms with Crippen LogP contribution in [0, 0.1) is 29.1 Å². The summed E-state index contributed by atoms with van der Waals surface area (Å²) in [6.45, 7) is 1.52. The number of hydrogen-bond donors (Lipinski definition) is 1. The van der Waals surface area contributed by atoms with E-state index in [1.54, 1.807) is 0 Å². The van der Waals surface area contributed by atoms with Gasteiger partial charge in [0.2, 0.25) is 0 Å². The molecule has 0 atom stereocenters. The number of aromatic amines is 1. The van der Waals surface area contributed by atoms with Gasteiger partial charge in [-0.15, -0.1) is 0 Å². The molecule has 16 heavy (non-hydrogen) atoms. The number of nitrogens with zero attached hydrogens (tertiary/aromatic N) is 2. The van der Waals surface area contributed by atoms with E-state index < -0.39 is 23.1 Å². The van der Waals surface area contributed by atoms with Crippen LogP contribution in [0.3, 0.4) is 0 Å². The number of aryl methyl sites for hydroxylation is 1. The second kappa shape index (κ2) is 3.75. The van der Waals surface area contributed by atoms with Crippen molar-refractivity contribution in [2.75, 3.05) is 0 Å². The fourth-order valence-electron chi connectivity index (χ4n) is 1.39. The zero-order valence-corrected chi connectivity index (χ0v) is 8.91. The van der Waals surface area contributed by atoms with Crippen molar-refractivity contribution in [1.82, 2.24) is 14.8 Å². The van der Waals surface area contributed by atoms with Gasteiger partial charge in [0.05, 0.1) is 0 Å². The van der Waals surface area contributed by atoms with Crippen molar-refractivity contribution in [3.05, 3.63) is 40.2 Å². The first-order chi connectivity index (χ1) is 7.50. The third-order valence-corrected chi connectivity index (χ3v) is 2.32. The Bertz CT molecular complexity index is 579. The van der Waals surface area contributed by atoms with Gasteiger partial charge >= 0.3 is 0 Å². The summed E-state index contributed by atoms with van der Waals surface area (Å²) < 4.78 is 40.7. The van der Waals surface area contributed by atoms with Gasteiger partial charge in [-0.2, -0.15) is 5.10 Å². The molecule has 1 aromatic heterocycles. The zero-order chi connectivity index (χ0) is 11.9. The van der Waals surface area contributed by atoms with Crippen molar-refractivity contribution >= 4 is 12.2 Å². The molecule has 0 spiro atoms. The number of aromatic nitrogens is 3. The van der Waals surface area contributed by atoms with E-state index in [1.165, 1.54) is 6.92 Å². The molecule has 0 radical (unpaired) electrons. The van der Waals surface area contributed by atoms with Crippen molar-refractivity contribution in [2.45, 2.75) is 6.92 Å². The number of halogens is 3. The number of rotatable bonds is 1. The van der Waals surface area contributed by atoms with Crippen LogP contribution in [0.2, 0.25) is 0 Å². The average Bonchev–Trinajstić information content (AvgIpc) is 2.47. The summed E-state index contributed by atoms with van der Waals surface area (Å²) in [6, 6.07) is 1.18. The molecule has 1 heterocycles.